The summed E-state index contributed by atoms with van der Waals surface area (Å²) in [5, 5.41) is 0. The predicted octanol–water partition coefficient (Wildman–Crippen LogP) is 0.749. The van der Waals surface area contributed by atoms with Crippen molar-refractivity contribution in [3.63, 3.8) is 0 Å². The molecule has 0 bridgehead atoms. The zero-order chi connectivity index (χ0) is 10.6. The standard InChI is InChI=1S/C10H12FN3/c1-3-4-14(2)10-8(6-12)5-9(11)7-13-10/h1,5,7H,4,6,12H2,2H3. The molecule has 0 atom stereocenters. The second kappa shape index (κ2) is 4.58. The Kier molecular flexibility index (Phi) is 3.43. The van der Waals surface area contributed by atoms with Gasteiger partial charge in [0, 0.05) is 19.2 Å². The molecule has 1 rings (SSSR count). The van der Waals surface area contributed by atoms with Gasteiger partial charge in [-0.1, -0.05) is 5.92 Å². The lowest BCUT2D eigenvalue weighted by Crippen LogP contribution is -2.21. The molecule has 14 heavy (non-hydrogen) atoms. The molecule has 1 aromatic rings. The quantitative estimate of drug-likeness (QED) is 0.720. The van der Waals surface area contributed by atoms with Crippen LogP contribution in [0, 0.1) is 18.2 Å². The van der Waals surface area contributed by atoms with E-state index in [0.717, 1.165) is 6.20 Å². The summed E-state index contributed by atoms with van der Waals surface area (Å²) in [6.07, 6.45) is 6.32. The van der Waals surface area contributed by atoms with Crippen molar-refractivity contribution in [2.75, 3.05) is 18.5 Å². The van der Waals surface area contributed by atoms with E-state index in [4.69, 9.17) is 12.2 Å². The van der Waals surface area contributed by atoms with Crippen molar-refractivity contribution in [3.8, 4) is 12.3 Å². The molecule has 0 radical (unpaired) electrons. The Balaban J connectivity index is 3.02. The molecule has 0 aliphatic carbocycles. The molecule has 0 saturated carbocycles. The molecule has 0 aromatic carbocycles. The Morgan fingerprint density at radius 1 is 1.71 bits per heavy atom. The van der Waals surface area contributed by atoms with Crippen LogP contribution >= 0.6 is 0 Å². The molecule has 2 N–H and O–H groups in total. The minimum atomic E-state index is -0.386. The SMILES string of the molecule is C#CCN(C)c1ncc(F)cc1CN. The van der Waals surface area contributed by atoms with E-state index in [-0.39, 0.29) is 12.4 Å². The average molecular weight is 193 g/mol. The number of hydrogen-bond donors (Lipinski definition) is 1. The normalized spacial score (nSPS) is 9.57. The number of anilines is 1. The zero-order valence-corrected chi connectivity index (χ0v) is 8.00. The van der Waals surface area contributed by atoms with Gasteiger partial charge in [-0.05, 0) is 6.07 Å². The summed E-state index contributed by atoms with van der Waals surface area (Å²) in [5.41, 5.74) is 6.12. The molecule has 74 valence electrons. The van der Waals surface area contributed by atoms with Crippen LogP contribution in [0.15, 0.2) is 12.3 Å². The summed E-state index contributed by atoms with van der Waals surface area (Å²) in [7, 11) is 1.79. The number of hydrogen-bond acceptors (Lipinski definition) is 3. The first-order valence-corrected chi connectivity index (χ1v) is 4.18. The summed E-state index contributed by atoms with van der Waals surface area (Å²) < 4.78 is 12.8. The van der Waals surface area contributed by atoms with Crippen molar-refractivity contribution in [1.82, 2.24) is 4.98 Å². The van der Waals surface area contributed by atoms with Crippen LogP contribution in [0.25, 0.3) is 0 Å². The highest BCUT2D eigenvalue weighted by Gasteiger charge is 2.07. The van der Waals surface area contributed by atoms with Gasteiger partial charge in [0.1, 0.15) is 11.6 Å². The first-order valence-electron chi connectivity index (χ1n) is 4.18. The second-order valence-electron chi connectivity index (χ2n) is 2.90. The van der Waals surface area contributed by atoms with Crippen LogP contribution in [-0.4, -0.2) is 18.6 Å². The molecule has 0 unspecified atom stereocenters. The molecule has 0 saturated heterocycles. The minimum absolute atomic E-state index is 0.245. The second-order valence-corrected chi connectivity index (χ2v) is 2.90. The molecule has 0 amide bonds. The van der Waals surface area contributed by atoms with Gasteiger partial charge in [0.05, 0.1) is 12.7 Å². The number of halogens is 1. The molecule has 0 aliphatic rings. The maximum Gasteiger partial charge on any atom is 0.141 e. The van der Waals surface area contributed by atoms with Crippen molar-refractivity contribution < 1.29 is 4.39 Å². The van der Waals surface area contributed by atoms with Crippen molar-refractivity contribution >= 4 is 5.82 Å². The molecular weight excluding hydrogens is 181 g/mol. The van der Waals surface area contributed by atoms with Gasteiger partial charge in [-0.15, -0.1) is 6.42 Å². The molecule has 1 heterocycles. The third-order valence-electron chi connectivity index (χ3n) is 1.82. The summed E-state index contributed by atoms with van der Waals surface area (Å²) in [6.45, 7) is 0.667. The van der Waals surface area contributed by atoms with Crippen LogP contribution in [0.1, 0.15) is 5.56 Å². The highest BCUT2D eigenvalue weighted by Crippen LogP contribution is 2.16. The summed E-state index contributed by atoms with van der Waals surface area (Å²) in [6, 6.07) is 1.37. The van der Waals surface area contributed by atoms with Gasteiger partial charge in [0.2, 0.25) is 0 Å². The number of nitrogens with two attached hydrogens (primary N) is 1. The number of aromatic nitrogens is 1. The molecule has 0 aliphatic heterocycles. The van der Waals surface area contributed by atoms with Gasteiger partial charge in [0.25, 0.3) is 0 Å². The van der Waals surface area contributed by atoms with Gasteiger partial charge in [-0.3, -0.25) is 0 Å². The number of terminal acetylenes is 1. The van der Waals surface area contributed by atoms with Crippen molar-refractivity contribution in [2.45, 2.75) is 6.54 Å². The Labute approximate surface area is 82.7 Å². The first-order chi connectivity index (χ1) is 6.69. The van der Waals surface area contributed by atoms with E-state index in [1.165, 1.54) is 6.07 Å². The summed E-state index contributed by atoms with van der Waals surface area (Å²) >= 11 is 0. The fraction of sp³-hybridized carbons (Fsp3) is 0.300. The number of pyridine rings is 1. The third-order valence-corrected chi connectivity index (χ3v) is 1.82. The lowest BCUT2D eigenvalue weighted by molar-refractivity contribution is 0.618. The Morgan fingerprint density at radius 2 is 2.43 bits per heavy atom. The van der Waals surface area contributed by atoms with Crippen LogP contribution in [0.5, 0.6) is 0 Å². The smallest absolute Gasteiger partial charge is 0.141 e. The molecular formula is C10H12FN3. The largest absolute Gasteiger partial charge is 0.348 e. The van der Waals surface area contributed by atoms with Gasteiger partial charge in [-0.25, -0.2) is 9.37 Å². The monoisotopic (exact) mass is 193 g/mol. The van der Waals surface area contributed by atoms with Gasteiger partial charge >= 0.3 is 0 Å². The lowest BCUT2D eigenvalue weighted by atomic mass is 10.2. The summed E-state index contributed by atoms with van der Waals surface area (Å²) in [4.78, 5) is 5.69. The van der Waals surface area contributed by atoms with E-state index < -0.39 is 0 Å². The fourth-order valence-electron chi connectivity index (χ4n) is 1.18. The molecule has 1 aromatic heterocycles. The first kappa shape index (κ1) is 10.5. The minimum Gasteiger partial charge on any atom is -0.348 e. The molecule has 3 nitrogen and oxygen atoms in total. The summed E-state index contributed by atoms with van der Waals surface area (Å²) in [5.74, 6) is 2.73. The highest BCUT2D eigenvalue weighted by molar-refractivity contribution is 5.47. The van der Waals surface area contributed by atoms with Gasteiger partial charge < -0.3 is 10.6 Å². The van der Waals surface area contributed by atoms with Crippen molar-refractivity contribution in [1.29, 1.82) is 0 Å². The number of nitrogens with zero attached hydrogens (tertiary/aromatic N) is 2. The van der Waals surface area contributed by atoms with E-state index in [2.05, 4.69) is 10.9 Å². The van der Waals surface area contributed by atoms with Crippen LogP contribution in [0.3, 0.4) is 0 Å². The third kappa shape index (κ3) is 2.21. The average Bonchev–Trinajstić information content (AvgIpc) is 2.17. The maximum atomic E-state index is 12.8. The Bertz CT molecular complexity index is 357. The molecule has 0 fully saturated rings. The topological polar surface area (TPSA) is 42.2 Å². The van der Waals surface area contributed by atoms with E-state index in [0.29, 0.717) is 17.9 Å². The maximum absolute atomic E-state index is 12.8. The van der Waals surface area contributed by atoms with Gasteiger partial charge in [-0.2, -0.15) is 0 Å². The number of rotatable bonds is 3. The zero-order valence-electron chi connectivity index (χ0n) is 8.00. The van der Waals surface area contributed by atoms with Crippen LogP contribution in [0.2, 0.25) is 0 Å². The molecule has 0 spiro atoms. The molecule has 4 heteroatoms. The van der Waals surface area contributed by atoms with E-state index in [1.54, 1.807) is 11.9 Å². The van der Waals surface area contributed by atoms with Crippen LogP contribution < -0.4 is 10.6 Å². The fourth-order valence-corrected chi connectivity index (χ4v) is 1.18. The van der Waals surface area contributed by atoms with E-state index in [9.17, 15) is 4.39 Å². The van der Waals surface area contributed by atoms with Crippen LogP contribution in [0.4, 0.5) is 10.2 Å². The predicted molar refractivity (Wildman–Crippen MR) is 54.2 cm³/mol. The van der Waals surface area contributed by atoms with E-state index in [1.807, 2.05) is 0 Å². The Hall–Kier alpha value is -1.60. The Morgan fingerprint density at radius 3 is 3.00 bits per heavy atom. The highest BCUT2D eigenvalue weighted by atomic mass is 19.1. The van der Waals surface area contributed by atoms with Crippen molar-refractivity contribution in [3.05, 3.63) is 23.6 Å². The van der Waals surface area contributed by atoms with Crippen LogP contribution in [-0.2, 0) is 6.54 Å². The van der Waals surface area contributed by atoms with Crippen molar-refractivity contribution in [2.24, 2.45) is 5.73 Å². The van der Waals surface area contributed by atoms with Gasteiger partial charge in [0.15, 0.2) is 0 Å². The van der Waals surface area contributed by atoms with E-state index >= 15 is 0 Å². The lowest BCUT2D eigenvalue weighted by Gasteiger charge is -2.17.